The first-order valence-electron chi connectivity index (χ1n) is 8.95. The van der Waals surface area contributed by atoms with E-state index in [0.717, 1.165) is 33.9 Å². The van der Waals surface area contributed by atoms with Crippen LogP contribution < -0.4 is 15.0 Å². The van der Waals surface area contributed by atoms with E-state index in [9.17, 15) is 4.79 Å². The van der Waals surface area contributed by atoms with Gasteiger partial charge in [-0.25, -0.2) is 4.98 Å². The monoisotopic (exact) mass is 383 g/mol. The van der Waals surface area contributed by atoms with Crippen LogP contribution in [0.1, 0.15) is 16.7 Å². The van der Waals surface area contributed by atoms with Crippen LogP contribution >= 0.6 is 11.3 Å². The third kappa shape index (κ3) is 4.57. The van der Waals surface area contributed by atoms with E-state index in [-0.39, 0.29) is 12.5 Å². The summed E-state index contributed by atoms with van der Waals surface area (Å²) >= 11 is 1.63. The number of methoxy groups -OCH3 is 1. The van der Waals surface area contributed by atoms with Gasteiger partial charge in [0.05, 0.1) is 23.9 Å². The predicted octanol–water partition coefficient (Wildman–Crippen LogP) is 3.72. The van der Waals surface area contributed by atoms with Gasteiger partial charge in [0, 0.05) is 13.6 Å². The Morgan fingerprint density at radius 1 is 1.22 bits per heavy atom. The molecule has 0 atom stereocenters. The van der Waals surface area contributed by atoms with Gasteiger partial charge >= 0.3 is 0 Å². The Morgan fingerprint density at radius 3 is 2.74 bits per heavy atom. The van der Waals surface area contributed by atoms with Crippen LogP contribution in [0.5, 0.6) is 5.75 Å². The third-order valence-corrected chi connectivity index (χ3v) is 5.81. The second-order valence-electron chi connectivity index (χ2n) is 6.68. The number of nitrogens with one attached hydrogen (secondary N) is 1. The predicted molar refractivity (Wildman–Crippen MR) is 112 cm³/mol. The van der Waals surface area contributed by atoms with Crippen LogP contribution in [0, 0.1) is 13.8 Å². The van der Waals surface area contributed by atoms with Crippen molar-refractivity contribution in [2.75, 3.05) is 32.1 Å². The number of carbonyl (C=O) groups is 1. The summed E-state index contributed by atoms with van der Waals surface area (Å²) in [6.07, 6.45) is 0.770. The smallest absolute Gasteiger partial charge is 0.239 e. The Morgan fingerprint density at radius 2 is 2.00 bits per heavy atom. The van der Waals surface area contributed by atoms with E-state index >= 15 is 0 Å². The fraction of sp³-hybridized carbons (Fsp3) is 0.333. The maximum Gasteiger partial charge on any atom is 0.239 e. The Kier molecular flexibility index (Phi) is 5.96. The second-order valence-corrected chi connectivity index (χ2v) is 7.66. The van der Waals surface area contributed by atoms with Crippen molar-refractivity contribution in [1.82, 2.24) is 10.3 Å². The van der Waals surface area contributed by atoms with Crippen molar-refractivity contribution < 1.29 is 9.53 Å². The molecule has 27 heavy (non-hydrogen) atoms. The average molecular weight is 384 g/mol. The van der Waals surface area contributed by atoms with E-state index in [1.54, 1.807) is 18.4 Å². The van der Waals surface area contributed by atoms with Crippen LogP contribution in [0.2, 0.25) is 0 Å². The summed E-state index contributed by atoms with van der Waals surface area (Å²) in [5.41, 5.74) is 4.55. The highest BCUT2D eigenvalue weighted by Crippen LogP contribution is 2.32. The average Bonchev–Trinajstić information content (AvgIpc) is 3.12. The lowest BCUT2D eigenvalue weighted by Gasteiger charge is -2.15. The molecule has 0 bridgehead atoms. The summed E-state index contributed by atoms with van der Waals surface area (Å²) in [5.74, 6) is 0.827. The highest BCUT2D eigenvalue weighted by atomic mass is 32.1. The number of anilines is 1. The molecule has 0 aliphatic rings. The molecule has 0 spiro atoms. The first kappa shape index (κ1) is 19.2. The van der Waals surface area contributed by atoms with Gasteiger partial charge in [0.2, 0.25) is 5.91 Å². The number of thiazole rings is 1. The number of benzene rings is 2. The molecule has 1 aromatic heterocycles. The standard InChI is InChI=1S/C21H25N3O2S/c1-14-8-9-15(2)20-19(14)23-21(27-20)24(3)13-18(25)22-11-10-16-6-5-7-17(12-16)26-4/h5-9,12H,10-11,13H2,1-4H3,(H,22,25). The maximum atomic E-state index is 12.3. The molecule has 0 saturated carbocycles. The van der Waals surface area contributed by atoms with Gasteiger partial charge in [-0.3, -0.25) is 4.79 Å². The van der Waals surface area contributed by atoms with Crippen molar-refractivity contribution in [3.63, 3.8) is 0 Å². The van der Waals surface area contributed by atoms with Gasteiger partial charge in [-0.15, -0.1) is 0 Å². The van der Waals surface area contributed by atoms with Crippen molar-refractivity contribution in [3.05, 3.63) is 53.1 Å². The number of amides is 1. The molecule has 0 unspecified atom stereocenters. The Bertz CT molecular complexity index is 913. The van der Waals surface area contributed by atoms with E-state index in [0.29, 0.717) is 6.54 Å². The third-order valence-electron chi connectivity index (χ3n) is 4.51. The Labute approximate surface area is 164 Å². The van der Waals surface area contributed by atoms with Crippen LogP contribution in [0.25, 0.3) is 10.2 Å². The van der Waals surface area contributed by atoms with E-state index in [1.807, 2.05) is 36.2 Å². The van der Waals surface area contributed by atoms with Gasteiger partial charge in [0.1, 0.15) is 5.75 Å². The first-order valence-corrected chi connectivity index (χ1v) is 9.77. The minimum atomic E-state index is -0.00639. The molecule has 0 aliphatic heterocycles. The van der Waals surface area contributed by atoms with Gasteiger partial charge in [0.25, 0.3) is 0 Å². The quantitative estimate of drug-likeness (QED) is 0.676. The molecule has 0 fully saturated rings. The number of likely N-dealkylation sites (N-methyl/N-ethyl adjacent to an activating group) is 1. The van der Waals surface area contributed by atoms with Gasteiger partial charge in [-0.2, -0.15) is 0 Å². The van der Waals surface area contributed by atoms with Gasteiger partial charge in [-0.1, -0.05) is 35.6 Å². The van der Waals surface area contributed by atoms with Gasteiger partial charge < -0.3 is 15.0 Å². The number of hydrogen-bond acceptors (Lipinski definition) is 5. The number of fused-ring (bicyclic) bond motifs is 1. The van der Waals surface area contributed by atoms with Crippen molar-refractivity contribution in [2.45, 2.75) is 20.3 Å². The number of rotatable bonds is 7. The molecule has 6 heteroatoms. The van der Waals surface area contributed by atoms with Crippen LogP contribution in [-0.2, 0) is 11.2 Å². The minimum absolute atomic E-state index is 0.00639. The lowest BCUT2D eigenvalue weighted by atomic mass is 10.1. The molecule has 1 N–H and O–H groups in total. The number of nitrogens with zero attached hydrogens (tertiary/aromatic N) is 2. The molecule has 2 aromatic carbocycles. The highest BCUT2D eigenvalue weighted by Gasteiger charge is 2.14. The fourth-order valence-corrected chi connectivity index (χ4v) is 4.00. The molecule has 5 nitrogen and oxygen atoms in total. The summed E-state index contributed by atoms with van der Waals surface area (Å²) < 4.78 is 6.42. The Hall–Kier alpha value is -2.60. The Balaban J connectivity index is 1.56. The fourth-order valence-electron chi connectivity index (χ4n) is 2.92. The van der Waals surface area contributed by atoms with Crippen LogP contribution in [-0.4, -0.2) is 38.1 Å². The topological polar surface area (TPSA) is 54.5 Å². The van der Waals surface area contributed by atoms with E-state index in [2.05, 4.69) is 31.3 Å². The van der Waals surface area contributed by atoms with Crippen molar-refractivity contribution >= 4 is 32.6 Å². The molecule has 3 rings (SSSR count). The molecule has 1 heterocycles. The molecule has 0 radical (unpaired) electrons. The van der Waals surface area contributed by atoms with Gasteiger partial charge in [-0.05, 0) is 49.1 Å². The van der Waals surface area contributed by atoms with Crippen molar-refractivity contribution in [2.24, 2.45) is 0 Å². The molecule has 3 aromatic rings. The number of aromatic nitrogens is 1. The SMILES string of the molecule is COc1cccc(CCNC(=O)CN(C)c2nc3c(C)ccc(C)c3s2)c1. The van der Waals surface area contributed by atoms with Crippen LogP contribution in [0.4, 0.5) is 5.13 Å². The molecular weight excluding hydrogens is 358 g/mol. The molecule has 1 amide bonds. The number of aryl methyl sites for hydroxylation is 2. The van der Waals surface area contributed by atoms with Gasteiger partial charge in [0.15, 0.2) is 5.13 Å². The molecule has 0 aliphatic carbocycles. The number of carbonyl (C=O) groups excluding carboxylic acids is 1. The molecular formula is C21H25N3O2S. The summed E-state index contributed by atoms with van der Waals surface area (Å²) in [5, 5.41) is 3.85. The zero-order valence-electron chi connectivity index (χ0n) is 16.2. The lowest BCUT2D eigenvalue weighted by Crippen LogP contribution is -2.36. The largest absolute Gasteiger partial charge is 0.497 e. The first-order chi connectivity index (χ1) is 13.0. The zero-order valence-corrected chi connectivity index (χ0v) is 17.0. The lowest BCUT2D eigenvalue weighted by molar-refractivity contribution is -0.119. The maximum absolute atomic E-state index is 12.3. The minimum Gasteiger partial charge on any atom is -0.497 e. The molecule has 142 valence electrons. The highest BCUT2D eigenvalue weighted by molar-refractivity contribution is 7.22. The van der Waals surface area contributed by atoms with Crippen molar-refractivity contribution in [3.8, 4) is 5.75 Å². The van der Waals surface area contributed by atoms with Crippen molar-refractivity contribution in [1.29, 1.82) is 0 Å². The summed E-state index contributed by atoms with van der Waals surface area (Å²) in [6.45, 7) is 5.04. The van der Waals surface area contributed by atoms with E-state index in [1.165, 1.54) is 10.3 Å². The van der Waals surface area contributed by atoms with Crippen LogP contribution in [0.15, 0.2) is 36.4 Å². The van der Waals surface area contributed by atoms with E-state index < -0.39 is 0 Å². The van der Waals surface area contributed by atoms with E-state index in [4.69, 9.17) is 9.72 Å². The summed E-state index contributed by atoms with van der Waals surface area (Å²) in [7, 11) is 3.56. The molecule has 0 saturated heterocycles. The summed E-state index contributed by atoms with van der Waals surface area (Å²) in [6, 6.07) is 12.1. The number of hydrogen-bond donors (Lipinski definition) is 1. The summed E-state index contributed by atoms with van der Waals surface area (Å²) in [4.78, 5) is 18.9. The van der Waals surface area contributed by atoms with Crippen LogP contribution in [0.3, 0.4) is 0 Å². The normalized spacial score (nSPS) is 10.8. The number of ether oxygens (including phenoxy) is 1. The second kappa shape index (κ2) is 8.39. The zero-order chi connectivity index (χ0) is 19.4.